The van der Waals surface area contributed by atoms with E-state index < -0.39 is 36.8 Å². The zero-order valence-electron chi connectivity index (χ0n) is 11.6. The highest BCUT2D eigenvalue weighted by Crippen LogP contribution is 2.30. The van der Waals surface area contributed by atoms with E-state index in [2.05, 4.69) is 10.3 Å². The molecule has 0 aliphatic carbocycles. The van der Waals surface area contributed by atoms with Gasteiger partial charge in [-0.05, 0) is 6.07 Å². The van der Waals surface area contributed by atoms with E-state index in [9.17, 15) is 14.7 Å². The molecule has 9 heteroatoms. The van der Waals surface area contributed by atoms with Gasteiger partial charge in [0.2, 0.25) is 5.91 Å². The fourth-order valence-electron chi connectivity index (χ4n) is 2.20. The molecule has 0 radical (unpaired) electrons. The Kier molecular flexibility index (Phi) is 4.68. The highest BCUT2D eigenvalue weighted by molar-refractivity contribution is 5.87. The molecule has 2 heterocycles. The van der Waals surface area contributed by atoms with Crippen molar-refractivity contribution in [1.82, 2.24) is 9.55 Å². The molecule has 1 amide bonds. The monoisotopic (exact) mass is 299 g/mol. The molecule has 0 aromatic carbocycles. The van der Waals surface area contributed by atoms with Gasteiger partial charge in [0.15, 0.2) is 6.23 Å². The van der Waals surface area contributed by atoms with Crippen molar-refractivity contribution in [2.45, 2.75) is 31.5 Å². The SMILES string of the molecule is COC1C(O)[C@@H](CO)O[C@H]1n1ccc(NC(C)=O)nc1=O. The minimum absolute atomic E-state index is 0.120. The molecule has 1 fully saturated rings. The van der Waals surface area contributed by atoms with E-state index in [0.717, 1.165) is 4.57 Å². The van der Waals surface area contributed by atoms with Crippen LogP contribution in [0.3, 0.4) is 0 Å². The number of amides is 1. The highest BCUT2D eigenvalue weighted by Gasteiger charge is 2.45. The van der Waals surface area contributed by atoms with Gasteiger partial charge in [-0.15, -0.1) is 0 Å². The molecular formula is C12H17N3O6. The lowest BCUT2D eigenvalue weighted by Gasteiger charge is -2.20. The summed E-state index contributed by atoms with van der Waals surface area (Å²) in [4.78, 5) is 26.6. The molecule has 1 saturated heterocycles. The summed E-state index contributed by atoms with van der Waals surface area (Å²) >= 11 is 0. The normalized spacial score (nSPS) is 28.6. The zero-order chi connectivity index (χ0) is 15.6. The Morgan fingerprint density at radius 2 is 2.33 bits per heavy atom. The maximum Gasteiger partial charge on any atom is 0.351 e. The summed E-state index contributed by atoms with van der Waals surface area (Å²) in [6, 6.07) is 1.43. The number of nitrogens with zero attached hydrogens (tertiary/aromatic N) is 2. The molecule has 9 nitrogen and oxygen atoms in total. The van der Waals surface area contributed by atoms with Crippen LogP contribution in [0.1, 0.15) is 13.2 Å². The van der Waals surface area contributed by atoms with E-state index in [-0.39, 0.29) is 11.7 Å². The van der Waals surface area contributed by atoms with E-state index in [4.69, 9.17) is 14.6 Å². The largest absolute Gasteiger partial charge is 0.394 e. The van der Waals surface area contributed by atoms with Gasteiger partial charge in [0.1, 0.15) is 24.1 Å². The second-order valence-corrected chi connectivity index (χ2v) is 4.62. The Hall–Kier alpha value is -1.81. The van der Waals surface area contributed by atoms with E-state index in [1.54, 1.807) is 0 Å². The zero-order valence-corrected chi connectivity index (χ0v) is 11.6. The summed E-state index contributed by atoms with van der Waals surface area (Å²) in [6.45, 7) is 0.903. The molecule has 21 heavy (non-hydrogen) atoms. The summed E-state index contributed by atoms with van der Waals surface area (Å²) in [5.41, 5.74) is -0.668. The smallest absolute Gasteiger partial charge is 0.351 e. The van der Waals surface area contributed by atoms with E-state index >= 15 is 0 Å². The van der Waals surface area contributed by atoms with Crippen LogP contribution in [-0.4, -0.2) is 57.7 Å². The van der Waals surface area contributed by atoms with Crippen LogP contribution in [0.2, 0.25) is 0 Å². The van der Waals surface area contributed by atoms with E-state index in [1.165, 1.54) is 26.3 Å². The van der Waals surface area contributed by atoms with Crippen molar-refractivity contribution in [1.29, 1.82) is 0 Å². The number of nitrogens with one attached hydrogen (secondary N) is 1. The minimum atomic E-state index is -1.06. The van der Waals surface area contributed by atoms with Gasteiger partial charge in [0.05, 0.1) is 6.61 Å². The fraction of sp³-hybridized carbons (Fsp3) is 0.583. The van der Waals surface area contributed by atoms with Crippen LogP contribution in [0.5, 0.6) is 0 Å². The molecule has 4 atom stereocenters. The lowest BCUT2D eigenvalue weighted by atomic mass is 10.1. The molecule has 3 N–H and O–H groups in total. The first-order valence-electron chi connectivity index (χ1n) is 6.32. The van der Waals surface area contributed by atoms with Gasteiger partial charge in [0, 0.05) is 20.2 Å². The van der Waals surface area contributed by atoms with E-state index in [1.807, 2.05) is 0 Å². The van der Waals surface area contributed by atoms with Crippen LogP contribution in [0, 0.1) is 0 Å². The number of rotatable bonds is 4. The van der Waals surface area contributed by atoms with Gasteiger partial charge in [-0.3, -0.25) is 9.36 Å². The molecule has 116 valence electrons. The van der Waals surface area contributed by atoms with Crippen molar-refractivity contribution < 1.29 is 24.5 Å². The lowest BCUT2D eigenvalue weighted by molar-refractivity contribution is -0.114. The number of aliphatic hydroxyl groups excluding tert-OH is 2. The first-order chi connectivity index (χ1) is 9.97. The Morgan fingerprint density at radius 3 is 2.86 bits per heavy atom. The molecule has 0 saturated carbocycles. The Labute approximate surface area is 120 Å². The molecule has 0 spiro atoms. The molecule has 1 aromatic rings. The van der Waals surface area contributed by atoms with Gasteiger partial charge in [-0.25, -0.2) is 4.79 Å². The Balaban J connectivity index is 2.29. The number of hydrogen-bond donors (Lipinski definition) is 3. The average Bonchev–Trinajstić information content (AvgIpc) is 2.74. The number of aliphatic hydroxyl groups is 2. The van der Waals surface area contributed by atoms with Crippen LogP contribution in [-0.2, 0) is 14.3 Å². The molecule has 2 unspecified atom stereocenters. The predicted octanol–water partition coefficient (Wildman–Crippen LogP) is -1.53. The molecule has 1 aliphatic heterocycles. The Morgan fingerprint density at radius 1 is 1.62 bits per heavy atom. The summed E-state index contributed by atoms with van der Waals surface area (Å²) in [7, 11) is 1.37. The predicted molar refractivity (Wildman–Crippen MR) is 70.6 cm³/mol. The minimum Gasteiger partial charge on any atom is -0.394 e. The number of carbonyl (C=O) groups excluding carboxylic acids is 1. The van der Waals surface area contributed by atoms with Crippen LogP contribution in [0.4, 0.5) is 5.82 Å². The van der Waals surface area contributed by atoms with Gasteiger partial charge in [-0.2, -0.15) is 4.98 Å². The third-order valence-electron chi connectivity index (χ3n) is 3.17. The topological polar surface area (TPSA) is 123 Å². The first kappa shape index (κ1) is 15.6. The van der Waals surface area contributed by atoms with Gasteiger partial charge >= 0.3 is 5.69 Å². The van der Waals surface area contributed by atoms with Crippen molar-refractivity contribution in [3.05, 3.63) is 22.7 Å². The van der Waals surface area contributed by atoms with Crippen molar-refractivity contribution in [3.63, 3.8) is 0 Å². The van der Waals surface area contributed by atoms with Crippen molar-refractivity contribution in [2.24, 2.45) is 0 Å². The fourth-order valence-corrected chi connectivity index (χ4v) is 2.20. The van der Waals surface area contributed by atoms with E-state index in [0.29, 0.717) is 0 Å². The molecular weight excluding hydrogens is 282 g/mol. The molecule has 1 aromatic heterocycles. The third-order valence-corrected chi connectivity index (χ3v) is 3.17. The number of methoxy groups -OCH3 is 1. The Bertz CT molecular complexity index is 574. The average molecular weight is 299 g/mol. The van der Waals surface area contributed by atoms with Gasteiger partial charge in [0.25, 0.3) is 0 Å². The first-order valence-corrected chi connectivity index (χ1v) is 6.32. The quantitative estimate of drug-likeness (QED) is 0.616. The number of aromatic nitrogens is 2. The summed E-state index contributed by atoms with van der Waals surface area (Å²) in [6.07, 6.45) is -2.25. The molecule has 1 aliphatic rings. The maximum absolute atomic E-state index is 12.0. The summed E-state index contributed by atoms with van der Waals surface area (Å²) < 4.78 is 11.7. The molecule has 2 rings (SSSR count). The van der Waals surface area contributed by atoms with Crippen LogP contribution >= 0.6 is 0 Å². The number of hydrogen-bond acceptors (Lipinski definition) is 7. The number of anilines is 1. The van der Waals surface area contributed by atoms with Crippen LogP contribution < -0.4 is 11.0 Å². The van der Waals surface area contributed by atoms with Crippen LogP contribution in [0.25, 0.3) is 0 Å². The summed E-state index contributed by atoms with van der Waals surface area (Å²) in [5.74, 6) is -0.225. The number of carbonyl (C=O) groups is 1. The second kappa shape index (κ2) is 6.31. The second-order valence-electron chi connectivity index (χ2n) is 4.62. The standard InChI is InChI=1S/C12H17N3O6/c1-6(17)13-8-3-4-15(12(19)14-8)11-10(20-2)9(18)7(5-16)21-11/h3-4,7,9-11,16,18H,5H2,1-2H3,(H,13,14,17,19)/t7-,9?,10?,11-/m1/s1. The van der Waals surface area contributed by atoms with Crippen molar-refractivity contribution in [3.8, 4) is 0 Å². The van der Waals surface area contributed by atoms with Gasteiger partial charge < -0.3 is 25.0 Å². The molecule has 0 bridgehead atoms. The maximum atomic E-state index is 12.0. The third kappa shape index (κ3) is 3.10. The van der Waals surface area contributed by atoms with Crippen LogP contribution in [0.15, 0.2) is 17.1 Å². The van der Waals surface area contributed by atoms with Crippen molar-refractivity contribution >= 4 is 11.7 Å². The van der Waals surface area contributed by atoms with Gasteiger partial charge in [-0.1, -0.05) is 0 Å². The number of ether oxygens (including phenoxy) is 2. The van der Waals surface area contributed by atoms with Crippen molar-refractivity contribution in [2.75, 3.05) is 19.0 Å². The summed E-state index contributed by atoms with van der Waals surface area (Å²) in [5, 5.41) is 21.5. The lowest BCUT2D eigenvalue weighted by Crippen LogP contribution is -2.37. The highest BCUT2D eigenvalue weighted by atomic mass is 16.6.